The van der Waals surface area contributed by atoms with Crippen molar-refractivity contribution in [3.63, 3.8) is 0 Å². The van der Waals surface area contributed by atoms with Gasteiger partial charge < -0.3 is 10.5 Å². The first-order chi connectivity index (χ1) is 8.79. The van der Waals surface area contributed by atoms with Crippen LogP contribution in [-0.2, 0) is 0 Å². The second kappa shape index (κ2) is 6.31. The second-order valence-electron chi connectivity index (χ2n) is 3.83. The van der Waals surface area contributed by atoms with Crippen LogP contribution in [0.15, 0.2) is 52.5 Å². The summed E-state index contributed by atoms with van der Waals surface area (Å²) in [5.74, 6) is 0.760. The average molecular weight is 260 g/mol. The van der Waals surface area contributed by atoms with Gasteiger partial charge >= 0.3 is 0 Å². The Morgan fingerprint density at radius 2 is 1.94 bits per heavy atom. The van der Waals surface area contributed by atoms with E-state index in [1.165, 1.54) is 0 Å². The van der Waals surface area contributed by atoms with Gasteiger partial charge in [0.05, 0.1) is 12.3 Å². The van der Waals surface area contributed by atoms with E-state index in [4.69, 9.17) is 10.5 Å². The van der Waals surface area contributed by atoms with Gasteiger partial charge in [-0.05, 0) is 36.8 Å². The summed E-state index contributed by atoms with van der Waals surface area (Å²) in [4.78, 5) is 6.26. The van der Waals surface area contributed by atoms with Crippen molar-refractivity contribution in [2.75, 3.05) is 12.3 Å². The fourth-order valence-electron chi connectivity index (χ4n) is 1.46. The molecular formula is C14H16N2OS. The molecule has 0 radical (unpaired) electrons. The minimum absolute atomic E-state index is 0.683. The number of rotatable bonds is 5. The van der Waals surface area contributed by atoms with Gasteiger partial charge in [-0.25, -0.2) is 0 Å². The fourth-order valence-corrected chi connectivity index (χ4v) is 2.29. The van der Waals surface area contributed by atoms with Crippen LogP contribution in [0.4, 0.5) is 5.69 Å². The zero-order chi connectivity index (χ0) is 12.8. The van der Waals surface area contributed by atoms with Gasteiger partial charge in [0.15, 0.2) is 0 Å². The lowest BCUT2D eigenvalue weighted by molar-refractivity contribution is 0.318. The third-order valence-electron chi connectivity index (χ3n) is 2.33. The highest BCUT2D eigenvalue weighted by molar-refractivity contribution is 7.99. The standard InChI is InChI=1S/C14H16N2OS/c1-2-9-17-14-10-12(3-4-13(14)15)18-11-5-7-16-8-6-11/h3-8,10H,2,9,15H2,1H3. The van der Waals surface area contributed by atoms with Crippen LogP contribution in [0.3, 0.4) is 0 Å². The zero-order valence-electron chi connectivity index (χ0n) is 10.3. The molecule has 3 nitrogen and oxygen atoms in total. The molecule has 2 aromatic rings. The zero-order valence-corrected chi connectivity index (χ0v) is 11.1. The van der Waals surface area contributed by atoms with Crippen LogP contribution < -0.4 is 10.5 Å². The molecule has 2 rings (SSSR count). The third kappa shape index (κ3) is 3.40. The number of nitrogen functional groups attached to an aromatic ring is 1. The van der Waals surface area contributed by atoms with E-state index in [2.05, 4.69) is 11.9 Å². The van der Waals surface area contributed by atoms with Crippen LogP contribution >= 0.6 is 11.8 Å². The van der Waals surface area contributed by atoms with Crippen molar-refractivity contribution in [1.82, 2.24) is 4.98 Å². The lowest BCUT2D eigenvalue weighted by atomic mass is 10.3. The molecule has 0 saturated heterocycles. The van der Waals surface area contributed by atoms with E-state index < -0.39 is 0 Å². The summed E-state index contributed by atoms with van der Waals surface area (Å²) >= 11 is 1.67. The Bertz CT molecular complexity index is 502. The van der Waals surface area contributed by atoms with Gasteiger partial charge in [0.1, 0.15) is 5.75 Å². The SMILES string of the molecule is CCCOc1cc(Sc2ccncc2)ccc1N. The van der Waals surface area contributed by atoms with Gasteiger partial charge in [0.2, 0.25) is 0 Å². The molecule has 0 aliphatic heterocycles. The topological polar surface area (TPSA) is 48.1 Å². The van der Waals surface area contributed by atoms with E-state index in [-0.39, 0.29) is 0 Å². The molecule has 4 heteroatoms. The van der Waals surface area contributed by atoms with Crippen molar-refractivity contribution >= 4 is 17.4 Å². The summed E-state index contributed by atoms with van der Waals surface area (Å²) in [5.41, 5.74) is 6.56. The molecule has 1 aromatic carbocycles. The number of nitrogens with two attached hydrogens (primary N) is 1. The number of hydrogen-bond acceptors (Lipinski definition) is 4. The Balaban J connectivity index is 2.14. The number of nitrogens with zero attached hydrogens (tertiary/aromatic N) is 1. The summed E-state index contributed by atoms with van der Waals surface area (Å²) in [7, 11) is 0. The third-order valence-corrected chi connectivity index (χ3v) is 3.33. The predicted octanol–water partition coefficient (Wildman–Crippen LogP) is 3.60. The second-order valence-corrected chi connectivity index (χ2v) is 4.98. The molecule has 0 unspecified atom stereocenters. The van der Waals surface area contributed by atoms with Crippen molar-refractivity contribution in [1.29, 1.82) is 0 Å². The first kappa shape index (κ1) is 12.8. The van der Waals surface area contributed by atoms with E-state index in [0.717, 1.165) is 22.0 Å². The van der Waals surface area contributed by atoms with Gasteiger partial charge in [-0.15, -0.1) is 0 Å². The Morgan fingerprint density at radius 3 is 2.67 bits per heavy atom. The number of anilines is 1. The monoisotopic (exact) mass is 260 g/mol. The number of hydrogen-bond donors (Lipinski definition) is 1. The molecule has 0 aliphatic carbocycles. The highest BCUT2D eigenvalue weighted by Gasteiger charge is 2.03. The molecule has 2 N–H and O–H groups in total. The predicted molar refractivity (Wildman–Crippen MR) is 75.0 cm³/mol. The van der Waals surface area contributed by atoms with Crippen molar-refractivity contribution in [3.05, 3.63) is 42.7 Å². The number of benzene rings is 1. The normalized spacial score (nSPS) is 10.3. The highest BCUT2D eigenvalue weighted by Crippen LogP contribution is 2.32. The molecule has 18 heavy (non-hydrogen) atoms. The summed E-state index contributed by atoms with van der Waals surface area (Å²) in [6, 6.07) is 9.82. The maximum atomic E-state index is 5.88. The van der Waals surface area contributed by atoms with Crippen LogP contribution in [0.25, 0.3) is 0 Å². The van der Waals surface area contributed by atoms with E-state index in [1.807, 2.05) is 30.3 Å². The summed E-state index contributed by atoms with van der Waals surface area (Å²) in [6.07, 6.45) is 4.55. The molecule has 0 fully saturated rings. The Kier molecular flexibility index (Phi) is 4.47. The summed E-state index contributed by atoms with van der Waals surface area (Å²) < 4.78 is 5.61. The quantitative estimate of drug-likeness (QED) is 0.834. The van der Waals surface area contributed by atoms with Crippen molar-refractivity contribution < 1.29 is 4.74 Å². The van der Waals surface area contributed by atoms with E-state index in [0.29, 0.717) is 12.3 Å². The molecule has 0 atom stereocenters. The van der Waals surface area contributed by atoms with Crippen LogP contribution in [0, 0.1) is 0 Å². The van der Waals surface area contributed by atoms with Gasteiger partial charge in [0.25, 0.3) is 0 Å². The first-order valence-electron chi connectivity index (χ1n) is 5.90. The van der Waals surface area contributed by atoms with Crippen LogP contribution in [0.2, 0.25) is 0 Å². The van der Waals surface area contributed by atoms with Crippen molar-refractivity contribution in [3.8, 4) is 5.75 Å². The van der Waals surface area contributed by atoms with E-state index >= 15 is 0 Å². The fraction of sp³-hybridized carbons (Fsp3) is 0.214. The Labute approximate surface area is 111 Å². The summed E-state index contributed by atoms with van der Waals surface area (Å²) in [5, 5.41) is 0. The molecule has 0 aliphatic rings. The first-order valence-corrected chi connectivity index (χ1v) is 6.71. The van der Waals surface area contributed by atoms with Crippen molar-refractivity contribution in [2.24, 2.45) is 0 Å². The molecule has 0 saturated carbocycles. The lowest BCUT2D eigenvalue weighted by Gasteiger charge is -2.09. The Hall–Kier alpha value is -1.68. The Morgan fingerprint density at radius 1 is 1.17 bits per heavy atom. The maximum absolute atomic E-state index is 5.88. The number of ether oxygens (including phenoxy) is 1. The minimum atomic E-state index is 0.683. The van der Waals surface area contributed by atoms with Crippen LogP contribution in [0.1, 0.15) is 13.3 Å². The molecule has 0 bridgehead atoms. The maximum Gasteiger partial charge on any atom is 0.143 e. The number of aromatic nitrogens is 1. The van der Waals surface area contributed by atoms with Crippen molar-refractivity contribution in [2.45, 2.75) is 23.1 Å². The molecule has 0 spiro atoms. The number of pyridine rings is 1. The molecule has 1 aromatic heterocycles. The van der Waals surface area contributed by atoms with Crippen LogP contribution in [-0.4, -0.2) is 11.6 Å². The molecule has 1 heterocycles. The van der Waals surface area contributed by atoms with Gasteiger partial charge in [-0.3, -0.25) is 4.98 Å². The van der Waals surface area contributed by atoms with E-state index in [9.17, 15) is 0 Å². The summed E-state index contributed by atoms with van der Waals surface area (Å²) in [6.45, 7) is 2.76. The minimum Gasteiger partial charge on any atom is -0.491 e. The molecular weight excluding hydrogens is 244 g/mol. The highest BCUT2D eigenvalue weighted by atomic mass is 32.2. The molecule has 0 amide bonds. The van der Waals surface area contributed by atoms with Gasteiger partial charge in [-0.2, -0.15) is 0 Å². The largest absolute Gasteiger partial charge is 0.491 e. The smallest absolute Gasteiger partial charge is 0.143 e. The van der Waals surface area contributed by atoms with Gasteiger partial charge in [0, 0.05) is 22.2 Å². The molecule has 94 valence electrons. The lowest BCUT2D eigenvalue weighted by Crippen LogP contribution is -1.98. The van der Waals surface area contributed by atoms with Crippen LogP contribution in [0.5, 0.6) is 5.75 Å². The van der Waals surface area contributed by atoms with Gasteiger partial charge in [-0.1, -0.05) is 18.7 Å². The van der Waals surface area contributed by atoms with E-state index in [1.54, 1.807) is 24.2 Å². The average Bonchev–Trinajstić information content (AvgIpc) is 2.40.